The van der Waals surface area contributed by atoms with E-state index in [2.05, 4.69) is 5.32 Å². The zero-order chi connectivity index (χ0) is 12.3. The summed E-state index contributed by atoms with van der Waals surface area (Å²) in [5.74, 6) is 0.911. The van der Waals surface area contributed by atoms with Gasteiger partial charge in [-0.15, -0.1) is 0 Å². The first kappa shape index (κ1) is 12.1. The number of aliphatic carboxylic acids is 1. The number of carbonyl (C=O) groups is 1. The van der Waals surface area contributed by atoms with Gasteiger partial charge in [0, 0.05) is 6.54 Å². The van der Waals surface area contributed by atoms with Gasteiger partial charge in [0.1, 0.15) is 11.5 Å². The zero-order valence-corrected chi connectivity index (χ0v) is 9.81. The molecule has 0 aliphatic carbocycles. The Kier molecular flexibility index (Phi) is 3.81. The summed E-state index contributed by atoms with van der Waals surface area (Å²) in [7, 11) is 0. The lowest BCUT2D eigenvalue weighted by Crippen LogP contribution is -2.28. The van der Waals surface area contributed by atoms with E-state index in [0.717, 1.165) is 17.9 Å². The van der Waals surface area contributed by atoms with Crippen LogP contribution in [-0.2, 0) is 16.1 Å². The fourth-order valence-corrected chi connectivity index (χ4v) is 1.97. The second-order valence-corrected chi connectivity index (χ2v) is 4.31. The van der Waals surface area contributed by atoms with Crippen molar-refractivity contribution >= 4 is 5.97 Å². The Morgan fingerprint density at radius 3 is 2.94 bits per heavy atom. The van der Waals surface area contributed by atoms with Crippen molar-refractivity contribution in [1.82, 2.24) is 5.32 Å². The Bertz CT molecular complexity index is 388. The van der Waals surface area contributed by atoms with Crippen molar-refractivity contribution in [3.8, 4) is 0 Å². The molecule has 2 N–H and O–H groups in total. The predicted molar refractivity (Wildman–Crippen MR) is 60.7 cm³/mol. The Morgan fingerprint density at radius 1 is 1.53 bits per heavy atom. The van der Waals surface area contributed by atoms with Crippen LogP contribution in [0.3, 0.4) is 0 Å². The molecule has 17 heavy (non-hydrogen) atoms. The monoisotopic (exact) mass is 239 g/mol. The highest BCUT2D eigenvalue weighted by Crippen LogP contribution is 2.19. The molecule has 1 saturated heterocycles. The Balaban J connectivity index is 1.68. The van der Waals surface area contributed by atoms with E-state index >= 15 is 0 Å². The smallest absolute Gasteiger partial charge is 0.332 e. The number of nitrogens with one attached hydrogen (secondary N) is 1. The number of ether oxygens (including phenoxy) is 1. The second-order valence-electron chi connectivity index (χ2n) is 4.31. The second kappa shape index (κ2) is 5.33. The molecule has 2 rings (SSSR count). The number of carboxylic acids is 1. The van der Waals surface area contributed by atoms with E-state index in [9.17, 15) is 4.79 Å². The predicted octanol–water partition coefficient (Wildman–Crippen LogP) is 1.31. The summed E-state index contributed by atoms with van der Waals surface area (Å²) in [6.45, 7) is 3.20. The topological polar surface area (TPSA) is 71.7 Å². The first-order chi connectivity index (χ1) is 8.15. The third kappa shape index (κ3) is 3.31. The average Bonchev–Trinajstić information content (AvgIpc) is 2.88. The highest BCUT2D eigenvalue weighted by molar-refractivity contribution is 5.72. The summed E-state index contributed by atoms with van der Waals surface area (Å²) in [5.41, 5.74) is 0. The highest BCUT2D eigenvalue weighted by atomic mass is 16.5. The molecule has 5 heteroatoms. The first-order valence-corrected chi connectivity index (χ1v) is 5.79. The normalized spacial score (nSPS) is 24.1. The molecular weight excluding hydrogens is 222 g/mol. The molecular formula is C12H17NO4. The molecule has 2 heterocycles. The molecule has 1 aromatic heterocycles. The van der Waals surface area contributed by atoms with Gasteiger partial charge in [-0.3, -0.25) is 0 Å². The molecule has 0 bridgehead atoms. The number of carboxylic acid groups (broad SMARTS) is 1. The molecule has 1 aliphatic heterocycles. The van der Waals surface area contributed by atoms with E-state index in [0.29, 0.717) is 19.5 Å². The maximum atomic E-state index is 10.7. The minimum atomic E-state index is -0.867. The van der Waals surface area contributed by atoms with Crippen molar-refractivity contribution in [2.24, 2.45) is 0 Å². The standard InChI is InChI=1S/C12H17NO4/c1-8-2-3-9(16-8)6-13-7-10-4-5-11(17-10)12(14)15/h2-3,10-11,13H,4-7H2,1H3,(H,14,15). The molecule has 0 radical (unpaired) electrons. The molecule has 94 valence electrons. The van der Waals surface area contributed by atoms with Crippen LogP contribution in [0.5, 0.6) is 0 Å². The van der Waals surface area contributed by atoms with Crippen LogP contribution in [0.4, 0.5) is 0 Å². The van der Waals surface area contributed by atoms with Gasteiger partial charge in [-0.1, -0.05) is 0 Å². The van der Waals surface area contributed by atoms with Crippen LogP contribution in [0.15, 0.2) is 16.5 Å². The lowest BCUT2D eigenvalue weighted by Gasteiger charge is -2.11. The molecule has 1 aromatic rings. The highest BCUT2D eigenvalue weighted by Gasteiger charge is 2.29. The van der Waals surface area contributed by atoms with Crippen LogP contribution in [0.2, 0.25) is 0 Å². The van der Waals surface area contributed by atoms with Crippen molar-refractivity contribution in [3.05, 3.63) is 23.7 Å². The van der Waals surface area contributed by atoms with Gasteiger partial charge in [0.25, 0.3) is 0 Å². The third-order valence-electron chi connectivity index (χ3n) is 2.85. The Morgan fingerprint density at radius 2 is 2.35 bits per heavy atom. The first-order valence-electron chi connectivity index (χ1n) is 5.79. The molecule has 1 aliphatic rings. The van der Waals surface area contributed by atoms with E-state index in [1.54, 1.807) is 0 Å². The van der Waals surface area contributed by atoms with Crippen molar-refractivity contribution < 1.29 is 19.1 Å². The molecule has 2 atom stereocenters. The SMILES string of the molecule is Cc1ccc(CNCC2CCC(C(=O)O)O2)o1. The van der Waals surface area contributed by atoms with Crippen LogP contribution >= 0.6 is 0 Å². The lowest BCUT2D eigenvalue weighted by molar-refractivity contribution is -0.149. The van der Waals surface area contributed by atoms with E-state index in [4.69, 9.17) is 14.3 Å². The van der Waals surface area contributed by atoms with Crippen LogP contribution in [-0.4, -0.2) is 29.8 Å². The minimum Gasteiger partial charge on any atom is -0.479 e. The van der Waals surface area contributed by atoms with E-state index in [-0.39, 0.29) is 6.10 Å². The van der Waals surface area contributed by atoms with Crippen LogP contribution in [0.25, 0.3) is 0 Å². The Hall–Kier alpha value is -1.33. The Labute approximate surface area is 99.8 Å². The van der Waals surface area contributed by atoms with Crippen LogP contribution < -0.4 is 5.32 Å². The number of aryl methyl sites for hydroxylation is 1. The van der Waals surface area contributed by atoms with Crippen LogP contribution in [0, 0.1) is 6.92 Å². The number of rotatable bonds is 5. The van der Waals surface area contributed by atoms with E-state index in [1.165, 1.54) is 0 Å². The molecule has 0 spiro atoms. The van der Waals surface area contributed by atoms with E-state index in [1.807, 2.05) is 19.1 Å². The fourth-order valence-electron chi connectivity index (χ4n) is 1.97. The van der Waals surface area contributed by atoms with Gasteiger partial charge in [-0.25, -0.2) is 4.79 Å². The number of hydrogen-bond acceptors (Lipinski definition) is 4. The molecule has 0 saturated carbocycles. The fraction of sp³-hybridized carbons (Fsp3) is 0.583. The summed E-state index contributed by atoms with van der Waals surface area (Å²) < 4.78 is 10.8. The van der Waals surface area contributed by atoms with Crippen molar-refractivity contribution in [2.45, 2.75) is 38.5 Å². The van der Waals surface area contributed by atoms with Gasteiger partial charge in [-0.05, 0) is 31.9 Å². The average molecular weight is 239 g/mol. The molecule has 0 amide bonds. The zero-order valence-electron chi connectivity index (χ0n) is 9.81. The maximum Gasteiger partial charge on any atom is 0.332 e. The summed E-state index contributed by atoms with van der Waals surface area (Å²) >= 11 is 0. The largest absolute Gasteiger partial charge is 0.479 e. The van der Waals surface area contributed by atoms with Gasteiger partial charge in [0.2, 0.25) is 0 Å². The number of furan rings is 1. The van der Waals surface area contributed by atoms with Gasteiger partial charge < -0.3 is 19.6 Å². The van der Waals surface area contributed by atoms with Gasteiger partial charge in [0.15, 0.2) is 6.10 Å². The minimum absolute atomic E-state index is 0.00726. The van der Waals surface area contributed by atoms with Crippen molar-refractivity contribution in [2.75, 3.05) is 6.54 Å². The summed E-state index contributed by atoms with van der Waals surface area (Å²) in [5, 5.41) is 12.0. The summed E-state index contributed by atoms with van der Waals surface area (Å²) in [6.07, 6.45) is 0.752. The number of hydrogen-bond donors (Lipinski definition) is 2. The van der Waals surface area contributed by atoms with Crippen LogP contribution in [0.1, 0.15) is 24.4 Å². The molecule has 5 nitrogen and oxygen atoms in total. The van der Waals surface area contributed by atoms with Gasteiger partial charge in [0.05, 0.1) is 12.6 Å². The quantitative estimate of drug-likeness (QED) is 0.810. The third-order valence-corrected chi connectivity index (χ3v) is 2.85. The van der Waals surface area contributed by atoms with Gasteiger partial charge >= 0.3 is 5.97 Å². The molecule has 0 aromatic carbocycles. The van der Waals surface area contributed by atoms with E-state index < -0.39 is 12.1 Å². The summed E-state index contributed by atoms with van der Waals surface area (Å²) in [4.78, 5) is 10.7. The van der Waals surface area contributed by atoms with Gasteiger partial charge in [-0.2, -0.15) is 0 Å². The van der Waals surface area contributed by atoms with Crippen molar-refractivity contribution in [3.63, 3.8) is 0 Å². The molecule has 1 fully saturated rings. The van der Waals surface area contributed by atoms with Crippen molar-refractivity contribution in [1.29, 1.82) is 0 Å². The molecule has 2 unspecified atom stereocenters. The lowest BCUT2D eigenvalue weighted by atomic mass is 10.2. The maximum absolute atomic E-state index is 10.7. The summed E-state index contributed by atoms with van der Waals surface area (Å²) in [6, 6.07) is 3.85.